The lowest BCUT2D eigenvalue weighted by Gasteiger charge is -2.03. The highest BCUT2D eigenvalue weighted by molar-refractivity contribution is 7.13. The lowest BCUT2D eigenvalue weighted by molar-refractivity contribution is 1.10. The van der Waals surface area contributed by atoms with E-state index in [1.54, 1.807) is 16.8 Å². The van der Waals surface area contributed by atoms with Gasteiger partial charge in [0.15, 0.2) is 5.82 Å². The molecule has 2 aromatic heterocycles. The molecule has 0 aliphatic carbocycles. The van der Waals surface area contributed by atoms with Gasteiger partial charge in [-0.25, -0.2) is 0 Å². The molecule has 0 bridgehead atoms. The van der Waals surface area contributed by atoms with Gasteiger partial charge in [-0.3, -0.25) is 10.1 Å². The Hall–Kier alpha value is -2.14. The predicted octanol–water partition coefficient (Wildman–Crippen LogP) is 3.09. The van der Waals surface area contributed by atoms with Gasteiger partial charge in [-0.1, -0.05) is 29.8 Å². The van der Waals surface area contributed by atoms with Crippen LogP contribution < -0.4 is 5.73 Å². The maximum absolute atomic E-state index is 5.97. The second-order valence-corrected chi connectivity index (χ2v) is 4.98. The molecule has 3 rings (SSSR count). The summed E-state index contributed by atoms with van der Waals surface area (Å²) < 4.78 is 0. The van der Waals surface area contributed by atoms with Crippen molar-refractivity contribution in [1.29, 1.82) is 0 Å². The number of nitrogens with two attached hydrogens (primary N) is 1. The average molecular weight is 256 g/mol. The summed E-state index contributed by atoms with van der Waals surface area (Å²) in [5.74, 6) is 0.518. The maximum Gasteiger partial charge on any atom is 0.153 e. The zero-order valence-electron chi connectivity index (χ0n) is 9.84. The molecule has 0 amide bonds. The minimum absolute atomic E-state index is 0.518. The number of thiazole rings is 1. The van der Waals surface area contributed by atoms with Crippen LogP contribution in [0.15, 0.2) is 36.0 Å². The number of aryl methyl sites for hydroxylation is 1. The van der Waals surface area contributed by atoms with Crippen LogP contribution in [0.1, 0.15) is 5.56 Å². The summed E-state index contributed by atoms with van der Waals surface area (Å²) in [4.78, 5) is 5.13. The van der Waals surface area contributed by atoms with Gasteiger partial charge in [0.05, 0.1) is 21.6 Å². The van der Waals surface area contributed by atoms with E-state index < -0.39 is 0 Å². The van der Waals surface area contributed by atoms with Crippen LogP contribution in [0, 0.1) is 6.92 Å². The van der Waals surface area contributed by atoms with Crippen molar-refractivity contribution in [3.8, 4) is 21.7 Å². The zero-order valence-corrected chi connectivity index (χ0v) is 10.7. The van der Waals surface area contributed by atoms with Gasteiger partial charge in [0.2, 0.25) is 0 Å². The largest absolute Gasteiger partial charge is 0.382 e. The van der Waals surface area contributed by atoms with E-state index in [4.69, 9.17) is 5.73 Å². The molecular weight excluding hydrogens is 244 g/mol. The number of aromatic amines is 1. The molecule has 0 aliphatic rings. The quantitative estimate of drug-likeness (QED) is 0.740. The van der Waals surface area contributed by atoms with Gasteiger partial charge in [0.1, 0.15) is 0 Å². The summed E-state index contributed by atoms with van der Waals surface area (Å²) in [7, 11) is 0. The highest BCUT2D eigenvalue weighted by Gasteiger charge is 2.15. The lowest BCUT2D eigenvalue weighted by Crippen LogP contribution is -1.88. The van der Waals surface area contributed by atoms with Gasteiger partial charge in [0.25, 0.3) is 0 Å². The Bertz CT molecular complexity index is 670. The highest BCUT2D eigenvalue weighted by Crippen LogP contribution is 2.36. The Morgan fingerprint density at radius 2 is 2.22 bits per heavy atom. The van der Waals surface area contributed by atoms with E-state index in [0.29, 0.717) is 5.82 Å². The molecule has 5 heteroatoms. The number of nitrogens with zero attached hydrogens (tertiary/aromatic N) is 2. The highest BCUT2D eigenvalue weighted by atomic mass is 32.1. The fourth-order valence-electron chi connectivity index (χ4n) is 1.97. The number of nitrogens with one attached hydrogen (secondary N) is 1. The average Bonchev–Trinajstić information content (AvgIpc) is 2.97. The van der Waals surface area contributed by atoms with Gasteiger partial charge < -0.3 is 5.73 Å². The second kappa shape index (κ2) is 4.27. The standard InChI is InChI=1S/C13H12N4S/c1-8-3-2-4-9(5-8)11-12(16-17-13(11)14)10-6-15-7-18-10/h2-7H,1H3,(H3,14,16,17). The summed E-state index contributed by atoms with van der Waals surface area (Å²) in [6, 6.07) is 8.23. The third-order valence-corrected chi connectivity index (χ3v) is 3.57. The Morgan fingerprint density at radius 1 is 1.33 bits per heavy atom. The number of rotatable bonds is 2. The summed E-state index contributed by atoms with van der Waals surface area (Å²) in [6.45, 7) is 2.06. The van der Waals surface area contributed by atoms with Crippen molar-refractivity contribution in [2.75, 3.05) is 5.73 Å². The van der Waals surface area contributed by atoms with Crippen molar-refractivity contribution >= 4 is 17.2 Å². The van der Waals surface area contributed by atoms with Crippen LogP contribution >= 0.6 is 11.3 Å². The Kier molecular flexibility index (Phi) is 2.60. The molecular formula is C13H12N4S. The van der Waals surface area contributed by atoms with Crippen LogP contribution in [-0.2, 0) is 0 Å². The first-order valence-corrected chi connectivity index (χ1v) is 6.43. The Labute approximate surface area is 109 Å². The molecule has 1 aromatic carbocycles. The van der Waals surface area contributed by atoms with Crippen molar-refractivity contribution in [2.24, 2.45) is 0 Å². The molecule has 0 saturated heterocycles. The number of anilines is 1. The van der Waals surface area contributed by atoms with E-state index in [2.05, 4.69) is 34.2 Å². The van der Waals surface area contributed by atoms with E-state index in [-0.39, 0.29) is 0 Å². The normalized spacial score (nSPS) is 10.7. The van der Waals surface area contributed by atoms with Gasteiger partial charge in [-0.2, -0.15) is 5.10 Å². The molecule has 3 aromatic rings. The van der Waals surface area contributed by atoms with E-state index in [0.717, 1.165) is 21.7 Å². The Balaban J connectivity index is 2.20. The third kappa shape index (κ3) is 1.78. The third-order valence-electron chi connectivity index (χ3n) is 2.78. The van der Waals surface area contributed by atoms with Crippen LogP contribution in [0.2, 0.25) is 0 Å². The first-order chi connectivity index (χ1) is 8.75. The minimum Gasteiger partial charge on any atom is -0.382 e. The molecule has 2 heterocycles. The Morgan fingerprint density at radius 3 is 2.94 bits per heavy atom. The molecule has 0 radical (unpaired) electrons. The number of hydrogen-bond donors (Lipinski definition) is 2. The van der Waals surface area contributed by atoms with Crippen molar-refractivity contribution in [2.45, 2.75) is 6.92 Å². The van der Waals surface area contributed by atoms with Gasteiger partial charge in [-0.15, -0.1) is 11.3 Å². The number of H-pyrrole nitrogens is 1. The molecule has 90 valence electrons. The van der Waals surface area contributed by atoms with E-state index in [9.17, 15) is 0 Å². The van der Waals surface area contributed by atoms with Crippen LogP contribution in [0.5, 0.6) is 0 Å². The number of benzene rings is 1. The minimum atomic E-state index is 0.518. The molecule has 18 heavy (non-hydrogen) atoms. The fraction of sp³-hybridized carbons (Fsp3) is 0.0769. The molecule has 0 atom stereocenters. The van der Waals surface area contributed by atoms with Crippen molar-refractivity contribution in [3.63, 3.8) is 0 Å². The van der Waals surface area contributed by atoms with Crippen molar-refractivity contribution in [1.82, 2.24) is 15.2 Å². The smallest absolute Gasteiger partial charge is 0.153 e. The van der Waals surface area contributed by atoms with E-state index in [1.165, 1.54) is 5.56 Å². The van der Waals surface area contributed by atoms with Crippen LogP contribution in [0.25, 0.3) is 21.7 Å². The fourth-order valence-corrected chi connectivity index (χ4v) is 2.59. The number of nitrogen functional groups attached to an aromatic ring is 1. The summed E-state index contributed by atoms with van der Waals surface area (Å²) in [5, 5.41) is 7.10. The zero-order chi connectivity index (χ0) is 12.5. The molecule has 0 aliphatic heterocycles. The van der Waals surface area contributed by atoms with Crippen LogP contribution in [0.3, 0.4) is 0 Å². The first-order valence-electron chi connectivity index (χ1n) is 5.55. The molecule has 0 spiro atoms. The van der Waals surface area contributed by atoms with Gasteiger partial charge in [-0.05, 0) is 12.5 Å². The van der Waals surface area contributed by atoms with Crippen molar-refractivity contribution < 1.29 is 0 Å². The molecule has 0 fully saturated rings. The van der Waals surface area contributed by atoms with E-state index >= 15 is 0 Å². The summed E-state index contributed by atoms with van der Waals surface area (Å²) >= 11 is 1.56. The number of hydrogen-bond acceptors (Lipinski definition) is 4. The van der Waals surface area contributed by atoms with Crippen LogP contribution in [0.4, 0.5) is 5.82 Å². The summed E-state index contributed by atoms with van der Waals surface area (Å²) in [5.41, 5.74) is 11.9. The van der Waals surface area contributed by atoms with Gasteiger partial charge in [0, 0.05) is 6.20 Å². The maximum atomic E-state index is 5.97. The molecule has 0 saturated carbocycles. The first kappa shape index (κ1) is 11.0. The topological polar surface area (TPSA) is 67.6 Å². The molecule has 3 N–H and O–H groups in total. The molecule has 0 unspecified atom stereocenters. The van der Waals surface area contributed by atoms with Crippen LogP contribution in [-0.4, -0.2) is 15.2 Å². The summed E-state index contributed by atoms with van der Waals surface area (Å²) in [6.07, 6.45) is 1.82. The molecule has 4 nitrogen and oxygen atoms in total. The monoisotopic (exact) mass is 256 g/mol. The second-order valence-electron chi connectivity index (χ2n) is 4.09. The SMILES string of the molecule is Cc1cccc(-c2c(N)n[nH]c2-c2cncs2)c1. The predicted molar refractivity (Wildman–Crippen MR) is 74.3 cm³/mol. The van der Waals surface area contributed by atoms with E-state index in [1.807, 2.05) is 18.3 Å². The van der Waals surface area contributed by atoms with Crippen molar-refractivity contribution in [3.05, 3.63) is 41.5 Å². The lowest BCUT2D eigenvalue weighted by atomic mass is 10.0. The number of aromatic nitrogens is 3. The van der Waals surface area contributed by atoms with Gasteiger partial charge >= 0.3 is 0 Å².